The number of halogens is 2. The fourth-order valence-electron chi connectivity index (χ4n) is 1.32. The van der Waals surface area contributed by atoms with E-state index in [9.17, 15) is 18.8 Å². The van der Waals surface area contributed by atoms with Crippen LogP contribution in [0.4, 0.5) is 9.18 Å². The number of carbonyl (C=O) groups excluding carboxylic acids is 3. The second-order valence-corrected chi connectivity index (χ2v) is 5.23. The number of rotatable bonds is 4. The van der Waals surface area contributed by atoms with Gasteiger partial charge in [-0.05, 0) is 48.0 Å². The highest BCUT2D eigenvalue weighted by atomic mass is 79.9. The second kappa shape index (κ2) is 7.72. The molecule has 8 heteroatoms. The molecule has 0 unspecified atom stereocenters. The van der Waals surface area contributed by atoms with Gasteiger partial charge >= 0.3 is 12.0 Å². The van der Waals surface area contributed by atoms with E-state index < -0.39 is 30.3 Å². The molecule has 114 valence electrons. The lowest BCUT2D eigenvalue weighted by Gasteiger charge is -2.09. The Morgan fingerprint density at radius 3 is 2.57 bits per heavy atom. The number of benzene rings is 1. The Labute approximate surface area is 129 Å². The van der Waals surface area contributed by atoms with Gasteiger partial charge in [0.05, 0.1) is 5.56 Å². The number of hydrogen-bond acceptors (Lipinski definition) is 4. The van der Waals surface area contributed by atoms with Gasteiger partial charge in [-0.2, -0.15) is 0 Å². The van der Waals surface area contributed by atoms with Crippen molar-refractivity contribution in [2.45, 2.75) is 19.9 Å². The minimum atomic E-state index is -0.804. The summed E-state index contributed by atoms with van der Waals surface area (Å²) in [4.78, 5) is 34.3. The summed E-state index contributed by atoms with van der Waals surface area (Å²) in [5.41, 5.74) is 0.0795. The Bertz CT molecular complexity index is 563. The van der Waals surface area contributed by atoms with Crippen LogP contribution in [0.5, 0.6) is 0 Å². The topological polar surface area (TPSA) is 84.5 Å². The maximum atomic E-state index is 12.9. The van der Waals surface area contributed by atoms with E-state index in [4.69, 9.17) is 4.74 Å². The second-order valence-electron chi connectivity index (χ2n) is 4.38. The fourth-order valence-corrected chi connectivity index (χ4v) is 1.84. The van der Waals surface area contributed by atoms with Crippen LogP contribution in [-0.2, 0) is 9.53 Å². The molecule has 0 heterocycles. The summed E-state index contributed by atoms with van der Waals surface area (Å²) < 4.78 is 17.8. The Kier molecular flexibility index (Phi) is 6.29. The first-order valence-corrected chi connectivity index (χ1v) is 6.81. The van der Waals surface area contributed by atoms with Crippen LogP contribution < -0.4 is 10.6 Å². The van der Waals surface area contributed by atoms with E-state index in [2.05, 4.69) is 21.2 Å². The predicted octanol–water partition coefficient (Wildman–Crippen LogP) is 1.98. The summed E-state index contributed by atoms with van der Waals surface area (Å²) >= 11 is 3.02. The molecule has 0 aliphatic heterocycles. The van der Waals surface area contributed by atoms with E-state index in [1.807, 2.05) is 5.32 Å². The fraction of sp³-hybridized carbons (Fsp3) is 0.308. The lowest BCUT2D eigenvalue weighted by atomic mass is 10.2. The molecule has 1 aromatic rings. The van der Waals surface area contributed by atoms with Crippen molar-refractivity contribution in [3.05, 3.63) is 34.1 Å². The van der Waals surface area contributed by atoms with Gasteiger partial charge in [0.25, 0.3) is 5.91 Å². The van der Waals surface area contributed by atoms with Crippen LogP contribution in [0.15, 0.2) is 22.7 Å². The monoisotopic (exact) mass is 360 g/mol. The molecule has 6 nitrogen and oxygen atoms in total. The molecule has 1 rings (SSSR count). The Hall–Kier alpha value is -1.96. The van der Waals surface area contributed by atoms with Crippen LogP contribution in [0.25, 0.3) is 0 Å². The van der Waals surface area contributed by atoms with Crippen molar-refractivity contribution in [1.82, 2.24) is 10.6 Å². The largest absolute Gasteiger partial charge is 0.452 e. The van der Waals surface area contributed by atoms with Gasteiger partial charge in [-0.1, -0.05) is 0 Å². The molecule has 0 spiro atoms. The van der Waals surface area contributed by atoms with Crippen molar-refractivity contribution < 1.29 is 23.5 Å². The van der Waals surface area contributed by atoms with Crippen molar-refractivity contribution in [2.24, 2.45) is 0 Å². The molecule has 0 bridgehead atoms. The summed E-state index contributed by atoms with van der Waals surface area (Å²) in [5.74, 6) is -2.08. The molecule has 0 aromatic heterocycles. The number of amides is 3. The first-order valence-electron chi connectivity index (χ1n) is 6.02. The molecule has 21 heavy (non-hydrogen) atoms. The molecule has 0 radical (unpaired) electrons. The molecular formula is C13H14BrFN2O4. The maximum Gasteiger partial charge on any atom is 0.339 e. The van der Waals surface area contributed by atoms with E-state index in [1.54, 1.807) is 13.8 Å². The highest BCUT2D eigenvalue weighted by molar-refractivity contribution is 9.10. The third kappa shape index (κ3) is 5.90. The van der Waals surface area contributed by atoms with E-state index in [-0.39, 0.29) is 16.1 Å². The molecule has 2 N–H and O–H groups in total. The molecular weight excluding hydrogens is 347 g/mol. The average Bonchev–Trinajstić information content (AvgIpc) is 2.34. The highest BCUT2D eigenvalue weighted by Gasteiger charge is 2.15. The summed E-state index contributed by atoms with van der Waals surface area (Å²) in [6.45, 7) is 2.85. The van der Waals surface area contributed by atoms with Crippen molar-refractivity contribution >= 4 is 33.8 Å². The summed E-state index contributed by atoms with van der Waals surface area (Å²) in [7, 11) is 0. The van der Waals surface area contributed by atoms with Crippen LogP contribution in [0.2, 0.25) is 0 Å². The van der Waals surface area contributed by atoms with Crippen molar-refractivity contribution in [1.29, 1.82) is 0 Å². The highest BCUT2D eigenvalue weighted by Crippen LogP contribution is 2.18. The molecule has 3 amide bonds. The SMILES string of the molecule is CC(C)NC(=O)NC(=O)COC(=O)c1ccc(F)cc1Br. The van der Waals surface area contributed by atoms with Gasteiger partial charge in [-0.25, -0.2) is 14.0 Å². The van der Waals surface area contributed by atoms with Gasteiger partial charge in [-0.15, -0.1) is 0 Å². The molecule has 0 atom stereocenters. The standard InChI is InChI=1S/C13H14BrFN2O4/c1-7(2)16-13(20)17-11(18)6-21-12(19)9-4-3-8(15)5-10(9)14/h3-5,7H,6H2,1-2H3,(H2,16,17,18,20). The number of esters is 1. The van der Waals surface area contributed by atoms with Gasteiger partial charge in [0.1, 0.15) is 5.82 Å². The van der Waals surface area contributed by atoms with Crippen LogP contribution in [-0.4, -0.2) is 30.6 Å². The zero-order chi connectivity index (χ0) is 16.0. The Morgan fingerprint density at radius 1 is 1.33 bits per heavy atom. The van der Waals surface area contributed by atoms with Crippen LogP contribution >= 0.6 is 15.9 Å². The smallest absolute Gasteiger partial charge is 0.339 e. The van der Waals surface area contributed by atoms with Gasteiger partial charge in [0.2, 0.25) is 0 Å². The first-order chi connectivity index (χ1) is 9.79. The minimum Gasteiger partial charge on any atom is -0.452 e. The number of urea groups is 1. The minimum absolute atomic E-state index is 0.0795. The maximum absolute atomic E-state index is 12.9. The van der Waals surface area contributed by atoms with E-state index in [1.165, 1.54) is 6.07 Å². The predicted molar refractivity (Wildman–Crippen MR) is 76.2 cm³/mol. The molecule has 0 aliphatic carbocycles. The van der Waals surface area contributed by atoms with Gasteiger partial charge in [-0.3, -0.25) is 10.1 Å². The third-order valence-corrected chi connectivity index (χ3v) is 2.81. The number of ether oxygens (including phenoxy) is 1. The van der Waals surface area contributed by atoms with Gasteiger partial charge < -0.3 is 10.1 Å². The van der Waals surface area contributed by atoms with E-state index >= 15 is 0 Å². The first kappa shape index (κ1) is 17.1. The zero-order valence-corrected chi connectivity index (χ0v) is 13.0. The molecule has 0 saturated carbocycles. The number of hydrogen-bond donors (Lipinski definition) is 2. The summed E-state index contributed by atoms with van der Waals surface area (Å²) in [6, 6.07) is 2.62. The van der Waals surface area contributed by atoms with Crippen molar-refractivity contribution in [3.63, 3.8) is 0 Å². The molecule has 0 aliphatic rings. The number of nitrogens with one attached hydrogen (secondary N) is 2. The molecule has 0 saturated heterocycles. The van der Waals surface area contributed by atoms with Crippen molar-refractivity contribution in [3.8, 4) is 0 Å². The van der Waals surface area contributed by atoms with E-state index in [0.717, 1.165) is 12.1 Å². The number of carbonyl (C=O) groups is 3. The van der Waals surface area contributed by atoms with E-state index in [0.29, 0.717) is 0 Å². The summed E-state index contributed by atoms with van der Waals surface area (Å²) in [5, 5.41) is 4.45. The van der Waals surface area contributed by atoms with Gasteiger partial charge in [0, 0.05) is 10.5 Å². The number of imide groups is 1. The molecule has 1 aromatic carbocycles. The summed E-state index contributed by atoms with van der Waals surface area (Å²) in [6.07, 6.45) is 0. The van der Waals surface area contributed by atoms with Crippen LogP contribution in [0.1, 0.15) is 24.2 Å². The molecule has 0 fully saturated rings. The average molecular weight is 361 g/mol. The Morgan fingerprint density at radius 2 is 2.00 bits per heavy atom. The lowest BCUT2D eigenvalue weighted by Crippen LogP contribution is -2.44. The zero-order valence-electron chi connectivity index (χ0n) is 11.4. The van der Waals surface area contributed by atoms with Crippen molar-refractivity contribution in [2.75, 3.05) is 6.61 Å². The lowest BCUT2D eigenvalue weighted by molar-refractivity contribution is -0.123. The van der Waals surface area contributed by atoms with Gasteiger partial charge in [0.15, 0.2) is 6.61 Å². The normalized spacial score (nSPS) is 10.1. The van der Waals surface area contributed by atoms with Crippen LogP contribution in [0, 0.1) is 5.82 Å². The third-order valence-electron chi connectivity index (χ3n) is 2.16. The van der Waals surface area contributed by atoms with Crippen LogP contribution in [0.3, 0.4) is 0 Å². The Balaban J connectivity index is 2.49. The quantitative estimate of drug-likeness (QED) is 0.804.